The molecule has 10 heavy (non-hydrogen) atoms. The highest BCUT2D eigenvalue weighted by atomic mass is 16.3. The second-order valence-electron chi connectivity index (χ2n) is 2.59. The Kier molecular flexibility index (Phi) is 1.66. The van der Waals surface area contributed by atoms with Crippen LogP contribution in [0.2, 0.25) is 0 Å². The van der Waals surface area contributed by atoms with E-state index in [-0.39, 0.29) is 0 Å². The van der Waals surface area contributed by atoms with Crippen molar-refractivity contribution in [2.45, 2.75) is 20.8 Å². The van der Waals surface area contributed by atoms with Gasteiger partial charge in [-0.2, -0.15) is 0 Å². The summed E-state index contributed by atoms with van der Waals surface area (Å²) in [4.78, 5) is 0. The van der Waals surface area contributed by atoms with Crippen LogP contribution in [0.1, 0.15) is 16.7 Å². The zero-order valence-corrected chi connectivity index (χ0v) is 6.52. The average molecular weight is 135 g/mol. The van der Waals surface area contributed by atoms with Crippen LogP contribution in [-0.2, 0) is 0 Å². The molecule has 53 valence electrons. The first-order chi connectivity index (χ1) is 4.61. The molecule has 0 aliphatic carbocycles. The predicted octanol–water partition coefficient (Wildman–Crippen LogP) is 2.12. The number of hydrogen-bond donors (Lipinski definition) is 1. The van der Waals surface area contributed by atoms with Crippen molar-refractivity contribution < 1.29 is 5.11 Å². The van der Waals surface area contributed by atoms with Crippen molar-refractivity contribution in [2.75, 3.05) is 0 Å². The molecule has 1 nitrogen and oxygen atoms in total. The topological polar surface area (TPSA) is 20.2 Å². The molecule has 0 heterocycles. The van der Waals surface area contributed by atoms with E-state index in [2.05, 4.69) is 6.07 Å². The monoisotopic (exact) mass is 135 g/mol. The molecule has 0 fully saturated rings. The molecule has 0 unspecified atom stereocenters. The van der Waals surface area contributed by atoms with Crippen LogP contribution < -0.4 is 0 Å². The van der Waals surface area contributed by atoms with E-state index >= 15 is 0 Å². The Bertz CT molecular complexity index is 228. The lowest BCUT2D eigenvalue weighted by Crippen LogP contribution is -1.83. The highest BCUT2D eigenvalue weighted by molar-refractivity contribution is 5.39. The van der Waals surface area contributed by atoms with E-state index in [1.54, 1.807) is 6.07 Å². The first kappa shape index (κ1) is 7.13. The quantitative estimate of drug-likeness (QED) is 0.577. The Hall–Kier alpha value is -0.980. The second-order valence-corrected chi connectivity index (χ2v) is 2.59. The summed E-state index contributed by atoms with van der Waals surface area (Å²) in [5.74, 6) is 0.369. The molecule has 0 aliphatic heterocycles. The maximum atomic E-state index is 9.26. The molecule has 0 saturated carbocycles. The molecule has 1 aromatic rings. The number of phenols is 1. The second kappa shape index (κ2) is 2.33. The van der Waals surface area contributed by atoms with Gasteiger partial charge < -0.3 is 5.11 Å². The minimum Gasteiger partial charge on any atom is -0.508 e. The molecule has 0 aliphatic rings. The zero-order chi connectivity index (χ0) is 7.72. The lowest BCUT2D eigenvalue weighted by Gasteiger charge is -2.02. The Labute approximate surface area is 61.3 Å². The molecule has 1 heteroatoms. The number of phenolic OH excluding ortho intramolecular Hbond substituents is 1. The van der Waals surface area contributed by atoms with Gasteiger partial charge in [-0.3, -0.25) is 0 Å². The van der Waals surface area contributed by atoms with Crippen LogP contribution in [0.25, 0.3) is 0 Å². The first-order valence-electron chi connectivity index (χ1n) is 3.30. The fraction of sp³-hybridized carbons (Fsp3) is 0.333. The van der Waals surface area contributed by atoms with E-state index in [1.165, 1.54) is 0 Å². The summed E-state index contributed by atoms with van der Waals surface area (Å²) < 4.78 is 0. The summed E-state index contributed by atoms with van der Waals surface area (Å²) in [6.07, 6.45) is 0. The van der Waals surface area contributed by atoms with E-state index < -0.39 is 0 Å². The largest absolute Gasteiger partial charge is 0.508 e. The molecule has 1 rings (SSSR count). The molecule has 0 spiro atoms. The van der Waals surface area contributed by atoms with Crippen molar-refractivity contribution in [2.24, 2.45) is 0 Å². The van der Waals surface area contributed by atoms with Crippen molar-refractivity contribution in [1.82, 2.24) is 0 Å². The summed E-state index contributed by atoms with van der Waals surface area (Å²) in [5, 5.41) is 9.26. The predicted molar refractivity (Wildman–Crippen MR) is 41.2 cm³/mol. The van der Waals surface area contributed by atoms with Gasteiger partial charge in [-0.25, -0.2) is 0 Å². The minimum atomic E-state index is 0.369. The first-order valence-corrected chi connectivity index (χ1v) is 3.30. The molecular weight excluding hydrogens is 124 g/mol. The Morgan fingerprint density at radius 1 is 1.30 bits per heavy atom. The van der Waals surface area contributed by atoms with Gasteiger partial charge in [0, 0.05) is 0 Å². The minimum absolute atomic E-state index is 0.369. The van der Waals surface area contributed by atoms with Crippen LogP contribution in [0.3, 0.4) is 0 Å². The van der Waals surface area contributed by atoms with E-state index in [0.717, 1.165) is 16.7 Å². The number of benzene rings is 1. The van der Waals surface area contributed by atoms with Crippen LogP contribution in [0.15, 0.2) is 6.07 Å². The summed E-state index contributed by atoms with van der Waals surface area (Å²) >= 11 is 0. The third-order valence-electron chi connectivity index (χ3n) is 1.68. The standard InChI is InChI=1S/C9H11O/c1-6-4-7(2)8(3)9(10)5-6/h5,10H,1-3H3. The number of aryl methyl sites for hydroxylation is 2. The SMILES string of the molecule is Cc1[c]c(C)c(C)c(O)c1. The van der Waals surface area contributed by atoms with Crippen molar-refractivity contribution in [3.8, 4) is 5.75 Å². The van der Waals surface area contributed by atoms with Crippen molar-refractivity contribution in [3.05, 3.63) is 28.8 Å². The molecule has 0 aromatic heterocycles. The normalized spacial score (nSPS) is 9.90. The third kappa shape index (κ3) is 1.13. The third-order valence-corrected chi connectivity index (χ3v) is 1.68. The molecule has 0 atom stereocenters. The van der Waals surface area contributed by atoms with Crippen LogP contribution in [0, 0.1) is 26.8 Å². The molecule has 1 radical (unpaired) electrons. The Morgan fingerprint density at radius 2 is 1.90 bits per heavy atom. The smallest absolute Gasteiger partial charge is 0.119 e. The van der Waals surface area contributed by atoms with Crippen LogP contribution in [0.4, 0.5) is 0 Å². The molecule has 1 N–H and O–H groups in total. The lowest BCUT2D eigenvalue weighted by atomic mass is 10.1. The van der Waals surface area contributed by atoms with Gasteiger partial charge in [0.1, 0.15) is 5.75 Å². The Balaban J connectivity index is 3.31. The molecular formula is C9H11O. The maximum Gasteiger partial charge on any atom is 0.119 e. The fourth-order valence-electron chi connectivity index (χ4n) is 0.931. The van der Waals surface area contributed by atoms with E-state index in [9.17, 15) is 5.11 Å². The van der Waals surface area contributed by atoms with Crippen molar-refractivity contribution >= 4 is 0 Å². The Morgan fingerprint density at radius 3 is 2.40 bits per heavy atom. The van der Waals surface area contributed by atoms with Gasteiger partial charge in [0.05, 0.1) is 0 Å². The lowest BCUT2D eigenvalue weighted by molar-refractivity contribution is 0.470. The van der Waals surface area contributed by atoms with Gasteiger partial charge >= 0.3 is 0 Å². The van der Waals surface area contributed by atoms with Gasteiger partial charge in [0.2, 0.25) is 0 Å². The summed E-state index contributed by atoms with van der Waals surface area (Å²) in [7, 11) is 0. The molecule has 0 amide bonds. The highest BCUT2D eigenvalue weighted by Crippen LogP contribution is 2.20. The van der Waals surface area contributed by atoms with E-state index in [0.29, 0.717) is 5.75 Å². The van der Waals surface area contributed by atoms with Gasteiger partial charge in [-0.05, 0) is 49.6 Å². The van der Waals surface area contributed by atoms with E-state index in [4.69, 9.17) is 0 Å². The summed E-state index contributed by atoms with van der Waals surface area (Å²) in [6, 6.07) is 4.84. The van der Waals surface area contributed by atoms with Gasteiger partial charge in [-0.15, -0.1) is 0 Å². The fourth-order valence-corrected chi connectivity index (χ4v) is 0.931. The van der Waals surface area contributed by atoms with Gasteiger partial charge in [-0.1, -0.05) is 0 Å². The number of aromatic hydroxyl groups is 1. The van der Waals surface area contributed by atoms with Gasteiger partial charge in [0.15, 0.2) is 0 Å². The summed E-state index contributed by atoms with van der Waals surface area (Å²) in [6.45, 7) is 5.76. The van der Waals surface area contributed by atoms with Crippen LogP contribution >= 0.6 is 0 Å². The molecule has 0 bridgehead atoms. The molecule has 0 saturated heterocycles. The van der Waals surface area contributed by atoms with Crippen molar-refractivity contribution in [3.63, 3.8) is 0 Å². The molecule has 1 aromatic carbocycles. The van der Waals surface area contributed by atoms with Crippen molar-refractivity contribution in [1.29, 1.82) is 0 Å². The number of rotatable bonds is 0. The zero-order valence-electron chi connectivity index (χ0n) is 6.52. The summed E-state index contributed by atoms with van der Waals surface area (Å²) in [5.41, 5.74) is 2.93. The number of hydrogen-bond acceptors (Lipinski definition) is 1. The van der Waals surface area contributed by atoms with Crippen LogP contribution in [-0.4, -0.2) is 5.11 Å². The van der Waals surface area contributed by atoms with Gasteiger partial charge in [0.25, 0.3) is 0 Å². The average Bonchev–Trinajstić information content (AvgIpc) is 1.82. The maximum absolute atomic E-state index is 9.26. The van der Waals surface area contributed by atoms with E-state index in [1.807, 2.05) is 20.8 Å². The highest BCUT2D eigenvalue weighted by Gasteiger charge is 1.99. The van der Waals surface area contributed by atoms with Crippen LogP contribution in [0.5, 0.6) is 5.75 Å².